The number of amides is 3. The summed E-state index contributed by atoms with van der Waals surface area (Å²) in [7, 11) is 1.56. The van der Waals surface area contributed by atoms with Crippen molar-refractivity contribution in [3.05, 3.63) is 84.5 Å². The van der Waals surface area contributed by atoms with Gasteiger partial charge in [-0.15, -0.1) is 0 Å². The van der Waals surface area contributed by atoms with Crippen molar-refractivity contribution in [3.63, 3.8) is 0 Å². The molecule has 11 heteroatoms. The first-order valence-corrected chi connectivity index (χ1v) is 14.8. The first-order chi connectivity index (χ1) is 21.4. The molecule has 2 saturated heterocycles. The van der Waals surface area contributed by atoms with E-state index in [1.165, 1.54) is 4.90 Å². The molecule has 1 spiro atoms. The van der Waals surface area contributed by atoms with Gasteiger partial charge >= 0.3 is 5.97 Å². The lowest BCUT2D eigenvalue weighted by molar-refractivity contribution is -0.159. The van der Waals surface area contributed by atoms with E-state index in [0.29, 0.717) is 23.4 Å². The van der Waals surface area contributed by atoms with E-state index >= 15 is 0 Å². The summed E-state index contributed by atoms with van der Waals surface area (Å²) < 4.78 is 18.0. The van der Waals surface area contributed by atoms with Crippen molar-refractivity contribution in [2.24, 2.45) is 11.8 Å². The topological polar surface area (TPSA) is 135 Å². The molecule has 0 aromatic heterocycles. The Kier molecular flexibility index (Phi) is 8.24. The fourth-order valence-corrected chi connectivity index (χ4v) is 6.75. The van der Waals surface area contributed by atoms with Crippen LogP contribution in [0.25, 0.3) is 0 Å². The summed E-state index contributed by atoms with van der Waals surface area (Å²) in [4.78, 5) is 58.1. The van der Waals surface area contributed by atoms with Crippen LogP contribution in [0.1, 0.15) is 24.5 Å². The fourth-order valence-electron chi connectivity index (χ4n) is 6.75. The molecule has 4 aliphatic heterocycles. The highest BCUT2D eigenvalue weighted by atomic mass is 16.6. The number of ether oxygens (including phenoxy) is 3. The molecule has 2 aromatic carbocycles. The van der Waals surface area contributed by atoms with E-state index in [4.69, 9.17) is 14.2 Å². The van der Waals surface area contributed by atoms with Gasteiger partial charge in [-0.25, -0.2) is 0 Å². The number of fused-ring (bicyclic) bond motifs is 2. The lowest BCUT2D eigenvalue weighted by atomic mass is 9.78. The average Bonchev–Trinajstić information content (AvgIpc) is 3.41. The molecule has 11 nitrogen and oxygen atoms in total. The van der Waals surface area contributed by atoms with Crippen LogP contribution in [0.5, 0.6) is 5.75 Å². The molecule has 0 unspecified atom stereocenters. The van der Waals surface area contributed by atoms with Gasteiger partial charge < -0.3 is 34.4 Å². The van der Waals surface area contributed by atoms with Crippen molar-refractivity contribution in [1.29, 1.82) is 0 Å². The summed E-state index contributed by atoms with van der Waals surface area (Å²) in [6, 6.07) is 15.0. The number of allylic oxidation sites excluding steroid dienone is 1. The van der Waals surface area contributed by atoms with Gasteiger partial charge in [0.15, 0.2) is 0 Å². The Labute approximate surface area is 255 Å². The predicted molar refractivity (Wildman–Crippen MR) is 158 cm³/mol. The van der Waals surface area contributed by atoms with E-state index in [0.717, 1.165) is 0 Å². The van der Waals surface area contributed by atoms with Crippen LogP contribution in [0, 0.1) is 11.8 Å². The van der Waals surface area contributed by atoms with E-state index in [1.807, 2.05) is 18.2 Å². The van der Waals surface area contributed by atoms with Gasteiger partial charge in [0, 0.05) is 25.2 Å². The number of carbonyl (C=O) groups excluding carboxylic acids is 4. The van der Waals surface area contributed by atoms with Crippen LogP contribution >= 0.6 is 0 Å². The maximum absolute atomic E-state index is 14.4. The average molecular weight is 602 g/mol. The molecule has 0 radical (unpaired) electrons. The Morgan fingerprint density at radius 1 is 1.02 bits per heavy atom. The molecule has 2 N–H and O–H groups in total. The van der Waals surface area contributed by atoms with Gasteiger partial charge in [0.1, 0.15) is 29.4 Å². The summed E-state index contributed by atoms with van der Waals surface area (Å²) in [5.74, 6) is -3.23. The first-order valence-electron chi connectivity index (χ1n) is 14.8. The SMILES string of the molecule is COc1ccc(N2CC=C[C@@]34O[C@H]5/C=C\CCC(=O)NC[C@H](c6ccccc6)OC(=O)[C@H]5[C@@H]3C(=O)N(CCO)[C@H]4C2=O)cc1. The molecule has 6 rings (SSSR count). The molecule has 2 aromatic rings. The Balaban J connectivity index is 1.41. The highest BCUT2D eigenvalue weighted by molar-refractivity contribution is 6.05. The Hall–Kier alpha value is -4.48. The number of hydrogen-bond donors (Lipinski definition) is 2. The number of β-amino-alcohol motifs (C(OH)–C–C–N with tert-alkyl or cyclic N) is 1. The summed E-state index contributed by atoms with van der Waals surface area (Å²) >= 11 is 0. The number of rotatable bonds is 5. The zero-order chi connectivity index (χ0) is 30.8. The largest absolute Gasteiger partial charge is 0.497 e. The minimum Gasteiger partial charge on any atom is -0.497 e. The van der Waals surface area contributed by atoms with Crippen molar-refractivity contribution in [2.45, 2.75) is 36.7 Å². The highest BCUT2D eigenvalue weighted by Crippen LogP contribution is 2.53. The minimum atomic E-state index is -1.49. The van der Waals surface area contributed by atoms with E-state index in [2.05, 4.69) is 5.32 Å². The van der Waals surface area contributed by atoms with Crippen LogP contribution < -0.4 is 15.0 Å². The second-order valence-corrected chi connectivity index (χ2v) is 11.3. The zero-order valence-corrected chi connectivity index (χ0v) is 24.3. The van der Waals surface area contributed by atoms with E-state index in [1.54, 1.807) is 72.7 Å². The normalized spacial score (nSPS) is 31.1. The van der Waals surface area contributed by atoms with Crippen molar-refractivity contribution < 1.29 is 38.5 Å². The molecule has 230 valence electrons. The summed E-state index contributed by atoms with van der Waals surface area (Å²) in [6.45, 7) is -0.213. The summed E-state index contributed by atoms with van der Waals surface area (Å²) in [6.07, 6.45) is 5.89. The van der Waals surface area contributed by atoms with Gasteiger partial charge in [0.05, 0.1) is 32.3 Å². The van der Waals surface area contributed by atoms with Crippen LogP contribution in [0.2, 0.25) is 0 Å². The van der Waals surface area contributed by atoms with Crippen molar-refractivity contribution in [1.82, 2.24) is 10.2 Å². The van der Waals surface area contributed by atoms with Crippen LogP contribution in [0.3, 0.4) is 0 Å². The third kappa shape index (κ3) is 5.16. The number of aliphatic hydroxyl groups excluding tert-OH is 1. The first kappa shape index (κ1) is 29.6. The third-order valence-electron chi connectivity index (χ3n) is 8.77. The maximum Gasteiger partial charge on any atom is 0.313 e. The molecule has 0 aliphatic carbocycles. The van der Waals surface area contributed by atoms with Gasteiger partial charge in [0.25, 0.3) is 5.91 Å². The standard InChI is InChI=1S/C33H35N3O8/c1-42-23-14-12-22(13-15-23)35-17-7-16-33-28(30(39)36(18-19-37)29(33)31(35)40)27-24(44-33)10-5-6-11-26(38)34-20-25(43-32(27)41)21-8-3-2-4-9-21/h2-5,7-10,12-16,24-25,27-29,37H,6,11,17-20H2,1H3,(H,34,38)/b10-5-/t24-,25+,27+,28+,29-,33+/m0/s1. The molecule has 44 heavy (non-hydrogen) atoms. The van der Waals surface area contributed by atoms with E-state index < -0.39 is 53.5 Å². The lowest BCUT2D eigenvalue weighted by Crippen LogP contribution is -2.55. The molecule has 0 bridgehead atoms. The number of nitrogens with zero attached hydrogens (tertiary/aromatic N) is 2. The molecule has 0 saturated carbocycles. The van der Waals surface area contributed by atoms with Crippen LogP contribution in [0.4, 0.5) is 5.69 Å². The van der Waals surface area contributed by atoms with Crippen LogP contribution in [-0.2, 0) is 28.7 Å². The summed E-state index contributed by atoms with van der Waals surface area (Å²) in [5, 5.41) is 12.8. The second kappa shape index (κ2) is 12.3. The third-order valence-corrected chi connectivity index (χ3v) is 8.77. The van der Waals surface area contributed by atoms with E-state index in [-0.39, 0.29) is 38.6 Å². The lowest BCUT2D eigenvalue weighted by Gasteiger charge is -2.35. The number of hydrogen-bond acceptors (Lipinski definition) is 8. The van der Waals surface area contributed by atoms with Gasteiger partial charge in [0.2, 0.25) is 11.8 Å². The van der Waals surface area contributed by atoms with Crippen molar-refractivity contribution in [2.75, 3.05) is 38.3 Å². The van der Waals surface area contributed by atoms with Crippen molar-refractivity contribution >= 4 is 29.4 Å². The Morgan fingerprint density at radius 2 is 1.80 bits per heavy atom. The number of anilines is 1. The maximum atomic E-state index is 14.4. The number of nitrogens with one attached hydrogen (secondary N) is 1. The predicted octanol–water partition coefficient (Wildman–Crippen LogP) is 1.92. The minimum absolute atomic E-state index is 0.0643. The molecule has 6 atom stereocenters. The smallest absolute Gasteiger partial charge is 0.313 e. The number of cyclic esters (lactones) is 1. The monoisotopic (exact) mass is 601 g/mol. The van der Waals surface area contributed by atoms with Gasteiger partial charge in [-0.3, -0.25) is 19.2 Å². The fraction of sp³-hybridized carbons (Fsp3) is 0.394. The van der Waals surface area contributed by atoms with Gasteiger partial charge in [-0.1, -0.05) is 54.6 Å². The quantitative estimate of drug-likeness (QED) is 0.392. The Bertz CT molecular complexity index is 1480. The molecule has 4 aliphatic rings. The second-order valence-electron chi connectivity index (χ2n) is 11.3. The number of esters is 1. The summed E-state index contributed by atoms with van der Waals surface area (Å²) in [5.41, 5.74) is -0.195. The van der Waals surface area contributed by atoms with Crippen LogP contribution in [-0.4, -0.2) is 84.8 Å². The highest BCUT2D eigenvalue weighted by Gasteiger charge is 2.71. The number of benzene rings is 2. The number of carbonyl (C=O) groups is 4. The molecular formula is C33H35N3O8. The molecule has 4 heterocycles. The zero-order valence-electron chi connectivity index (χ0n) is 24.3. The molecule has 3 amide bonds. The van der Waals surface area contributed by atoms with Crippen LogP contribution in [0.15, 0.2) is 78.9 Å². The number of likely N-dealkylation sites (tertiary alicyclic amines) is 1. The molecular weight excluding hydrogens is 566 g/mol. The molecule has 2 fully saturated rings. The van der Waals surface area contributed by atoms with Crippen molar-refractivity contribution in [3.8, 4) is 5.75 Å². The number of methoxy groups -OCH3 is 1. The van der Waals surface area contributed by atoms with Gasteiger partial charge in [-0.05, 0) is 36.2 Å². The van der Waals surface area contributed by atoms with Gasteiger partial charge in [-0.2, -0.15) is 0 Å². The number of aliphatic hydroxyl groups is 1. The van der Waals surface area contributed by atoms with E-state index in [9.17, 15) is 24.3 Å². The Morgan fingerprint density at radius 3 is 2.52 bits per heavy atom.